The largest absolute Gasteiger partial charge is 0.508 e. The molecule has 3 aromatic heterocycles. The van der Waals surface area contributed by atoms with Crippen LogP contribution in [-0.4, -0.2) is 55.8 Å². The highest BCUT2D eigenvalue weighted by molar-refractivity contribution is 7.16. The molecule has 3 atom stereocenters. The summed E-state index contributed by atoms with van der Waals surface area (Å²) in [7, 11) is 3.25. The first-order valence-corrected chi connectivity index (χ1v) is 11.1. The number of nitrogens with zero attached hydrogens (tertiary/aromatic N) is 4. The molecule has 11 heteroatoms. The third-order valence-electron chi connectivity index (χ3n) is 6.08. The average Bonchev–Trinajstić information content (AvgIpc) is 3.15. The Balaban J connectivity index is 1.59. The number of anilines is 1. The van der Waals surface area contributed by atoms with Crippen LogP contribution < -0.4 is 10.6 Å². The van der Waals surface area contributed by atoms with Gasteiger partial charge in [-0.25, -0.2) is 15.0 Å². The first kappa shape index (κ1) is 20.8. The van der Waals surface area contributed by atoms with E-state index < -0.39 is 11.5 Å². The van der Waals surface area contributed by atoms with Gasteiger partial charge < -0.3 is 20.8 Å². The van der Waals surface area contributed by atoms with E-state index in [0.29, 0.717) is 39.9 Å². The first-order chi connectivity index (χ1) is 15.4. The zero-order valence-corrected chi connectivity index (χ0v) is 18.8. The van der Waals surface area contributed by atoms with E-state index in [4.69, 9.17) is 11.6 Å². The van der Waals surface area contributed by atoms with Crippen LogP contribution >= 0.6 is 22.9 Å². The molecule has 32 heavy (non-hydrogen) atoms. The van der Waals surface area contributed by atoms with Crippen molar-refractivity contribution in [2.45, 2.75) is 18.9 Å². The van der Waals surface area contributed by atoms with Gasteiger partial charge in [-0.1, -0.05) is 11.6 Å². The molecule has 4 N–H and O–H groups in total. The Morgan fingerprint density at radius 1 is 1.34 bits per heavy atom. The van der Waals surface area contributed by atoms with E-state index in [0.717, 1.165) is 4.88 Å². The van der Waals surface area contributed by atoms with Gasteiger partial charge in [-0.15, -0.1) is 11.3 Å². The summed E-state index contributed by atoms with van der Waals surface area (Å²) in [6.07, 6.45) is 1.16. The highest BCUT2D eigenvalue weighted by atomic mass is 35.5. The van der Waals surface area contributed by atoms with E-state index in [1.165, 1.54) is 24.7 Å². The minimum atomic E-state index is -1.29. The number of imidazole rings is 1. The quantitative estimate of drug-likeness (QED) is 0.432. The molecule has 0 saturated heterocycles. The van der Waals surface area contributed by atoms with Crippen LogP contribution in [0.5, 0.6) is 0 Å². The normalized spacial score (nSPS) is 24.0. The number of allylic oxidation sites excluding steroid dienone is 1. The van der Waals surface area contributed by atoms with Gasteiger partial charge >= 0.3 is 0 Å². The van der Waals surface area contributed by atoms with Gasteiger partial charge in [0.25, 0.3) is 0 Å². The van der Waals surface area contributed by atoms with E-state index in [2.05, 4.69) is 37.4 Å². The summed E-state index contributed by atoms with van der Waals surface area (Å²) < 4.78 is 2.28. The highest BCUT2D eigenvalue weighted by Crippen LogP contribution is 2.63. The van der Waals surface area contributed by atoms with Crippen molar-refractivity contribution in [1.29, 1.82) is 0 Å². The second-order valence-corrected chi connectivity index (χ2v) is 9.46. The van der Waals surface area contributed by atoms with Crippen molar-refractivity contribution in [2.24, 2.45) is 11.3 Å². The van der Waals surface area contributed by atoms with Crippen molar-refractivity contribution in [3.63, 3.8) is 0 Å². The molecule has 5 rings (SSSR count). The molecule has 0 aromatic carbocycles. The molecule has 0 spiro atoms. The Hall–Kier alpha value is -3.13. The summed E-state index contributed by atoms with van der Waals surface area (Å²) >= 11 is 7.32. The Bertz CT molecular complexity index is 1350. The van der Waals surface area contributed by atoms with Crippen molar-refractivity contribution in [3.8, 4) is 11.8 Å². The predicted molar refractivity (Wildman–Crippen MR) is 121 cm³/mol. The number of fused-ring (bicyclic) bond motifs is 2. The van der Waals surface area contributed by atoms with Gasteiger partial charge in [-0.2, -0.15) is 0 Å². The van der Waals surface area contributed by atoms with Crippen LogP contribution in [0, 0.1) is 23.2 Å². The fraction of sp³-hybridized carbons (Fsp3) is 0.333. The SMILES string of the molecule is CNC(=O)C12CC1CC(n1cnc3c(NC)nc(C#Cc4ccc(Cl)s4)nc31)=C(O)[C@@H]2O. The number of aliphatic hydroxyl groups is 2. The van der Waals surface area contributed by atoms with Crippen molar-refractivity contribution >= 4 is 51.5 Å². The molecule has 0 aliphatic heterocycles. The monoisotopic (exact) mass is 470 g/mol. The number of amides is 1. The van der Waals surface area contributed by atoms with Crippen LogP contribution in [0.25, 0.3) is 16.9 Å². The second kappa shape index (κ2) is 7.48. The number of hydrogen-bond acceptors (Lipinski definition) is 8. The lowest BCUT2D eigenvalue weighted by molar-refractivity contribution is -0.131. The maximum absolute atomic E-state index is 12.3. The number of hydrogen-bond donors (Lipinski definition) is 4. The second-order valence-electron chi connectivity index (χ2n) is 7.75. The molecule has 3 aromatic rings. The van der Waals surface area contributed by atoms with E-state index >= 15 is 0 Å². The Morgan fingerprint density at radius 3 is 2.84 bits per heavy atom. The smallest absolute Gasteiger partial charge is 0.229 e. The van der Waals surface area contributed by atoms with Crippen molar-refractivity contribution in [2.75, 3.05) is 19.4 Å². The van der Waals surface area contributed by atoms with E-state index in [1.807, 2.05) is 6.07 Å². The zero-order valence-electron chi connectivity index (χ0n) is 17.2. The third-order valence-corrected chi connectivity index (χ3v) is 7.23. The van der Waals surface area contributed by atoms with Crippen molar-refractivity contribution in [3.05, 3.63) is 39.3 Å². The number of rotatable bonds is 3. The number of thiophene rings is 1. The molecule has 1 amide bonds. The summed E-state index contributed by atoms with van der Waals surface area (Å²) in [5, 5.41) is 27.2. The van der Waals surface area contributed by atoms with Crippen LogP contribution in [0.2, 0.25) is 4.34 Å². The predicted octanol–water partition coefficient (Wildman–Crippen LogP) is 2.23. The summed E-state index contributed by atoms with van der Waals surface area (Å²) in [4.78, 5) is 26.5. The van der Waals surface area contributed by atoms with Crippen molar-refractivity contribution < 1.29 is 15.0 Å². The fourth-order valence-electron chi connectivity index (χ4n) is 4.36. The summed E-state index contributed by atoms with van der Waals surface area (Å²) in [5.41, 5.74) is 0.444. The van der Waals surface area contributed by atoms with Crippen LogP contribution in [0.1, 0.15) is 23.5 Å². The molecule has 2 aliphatic rings. The molecule has 1 fully saturated rings. The minimum absolute atomic E-state index is 0.0748. The molecule has 0 bridgehead atoms. The van der Waals surface area contributed by atoms with Gasteiger partial charge in [0.1, 0.15) is 18.2 Å². The first-order valence-electron chi connectivity index (χ1n) is 9.92. The molecular formula is C21H19ClN6O3S. The standard InChI is InChI=1S/C21H19ClN6O3S/c1-23-18-15-19(27-14(26-18)6-4-11-3-5-13(22)32-11)28(9-25-15)12-7-10-8-21(10,20(31)24-2)17(30)16(12)29/h3,5,9-10,17,29-30H,7-8H2,1-2H3,(H,24,31)(H,23,26,27)/t10?,17-,21?/m0/s1. The molecule has 164 valence electrons. The van der Waals surface area contributed by atoms with Crippen molar-refractivity contribution in [1.82, 2.24) is 24.8 Å². The maximum Gasteiger partial charge on any atom is 0.229 e. The number of nitrogens with one attached hydrogen (secondary N) is 2. The van der Waals surface area contributed by atoms with Gasteiger partial charge in [0, 0.05) is 14.1 Å². The van der Waals surface area contributed by atoms with E-state index in [1.54, 1.807) is 17.7 Å². The Morgan fingerprint density at radius 2 is 2.16 bits per heavy atom. The average molecular weight is 471 g/mol. The third kappa shape index (κ3) is 3.04. The molecule has 9 nitrogen and oxygen atoms in total. The lowest BCUT2D eigenvalue weighted by Crippen LogP contribution is -2.42. The molecule has 3 heterocycles. The van der Waals surface area contributed by atoms with E-state index in [9.17, 15) is 15.0 Å². The van der Waals surface area contributed by atoms with Crippen LogP contribution in [0.4, 0.5) is 5.82 Å². The lowest BCUT2D eigenvalue weighted by atomic mass is 9.86. The van der Waals surface area contributed by atoms with Gasteiger partial charge in [0.05, 0.1) is 20.3 Å². The molecule has 0 radical (unpaired) electrons. The number of carbonyl (C=O) groups excluding carboxylic acids is 1. The van der Waals surface area contributed by atoms with Gasteiger partial charge in [-0.05, 0) is 42.7 Å². The Labute approximate surface area is 192 Å². The molecule has 2 unspecified atom stereocenters. The molecule has 1 saturated carbocycles. The molecular weight excluding hydrogens is 452 g/mol. The number of halogens is 1. The van der Waals surface area contributed by atoms with E-state index in [-0.39, 0.29) is 23.4 Å². The van der Waals surface area contributed by atoms with Gasteiger partial charge in [0.15, 0.2) is 17.0 Å². The summed E-state index contributed by atoms with van der Waals surface area (Å²) in [5.74, 6) is 6.13. The van der Waals surface area contributed by atoms with Crippen LogP contribution in [0.3, 0.4) is 0 Å². The summed E-state index contributed by atoms with van der Waals surface area (Å²) in [6, 6.07) is 3.59. The molecule has 2 aliphatic carbocycles. The minimum Gasteiger partial charge on any atom is -0.508 e. The highest BCUT2D eigenvalue weighted by Gasteiger charge is 2.67. The van der Waals surface area contributed by atoms with Crippen LogP contribution in [0.15, 0.2) is 24.2 Å². The van der Waals surface area contributed by atoms with Gasteiger partial charge in [-0.3, -0.25) is 9.36 Å². The topological polar surface area (TPSA) is 125 Å². The zero-order chi connectivity index (χ0) is 22.6. The number of aliphatic hydroxyl groups excluding tert-OH is 2. The summed E-state index contributed by atoms with van der Waals surface area (Å²) in [6.45, 7) is 0. The number of carbonyl (C=O) groups is 1. The Kier molecular flexibility index (Phi) is 4.85. The van der Waals surface area contributed by atoms with Crippen LogP contribution in [-0.2, 0) is 4.79 Å². The fourth-order valence-corrected chi connectivity index (χ4v) is 5.26. The van der Waals surface area contributed by atoms with Gasteiger partial charge in [0.2, 0.25) is 11.7 Å². The number of aromatic nitrogens is 4. The maximum atomic E-state index is 12.3. The lowest BCUT2D eigenvalue weighted by Gasteiger charge is -2.28.